The SMILES string of the molecule is Cc1ccc(/C=C/C(=O)c2c(C)[nH]c(C(=O)O)c2C)cc1. The number of hydrogen-bond donors (Lipinski definition) is 2. The van der Waals surface area contributed by atoms with Crippen LogP contribution in [0.5, 0.6) is 0 Å². The zero-order valence-electron chi connectivity index (χ0n) is 12.2. The van der Waals surface area contributed by atoms with Crippen molar-refractivity contribution in [2.75, 3.05) is 0 Å². The quantitative estimate of drug-likeness (QED) is 0.666. The van der Waals surface area contributed by atoms with Gasteiger partial charge in [0.1, 0.15) is 5.69 Å². The van der Waals surface area contributed by atoms with Crippen molar-refractivity contribution in [1.82, 2.24) is 4.98 Å². The first-order chi connectivity index (χ1) is 9.90. The normalized spacial score (nSPS) is 11.0. The van der Waals surface area contributed by atoms with Gasteiger partial charge in [-0.15, -0.1) is 0 Å². The lowest BCUT2D eigenvalue weighted by Crippen LogP contribution is -2.01. The predicted octanol–water partition coefficient (Wildman–Crippen LogP) is 3.53. The summed E-state index contributed by atoms with van der Waals surface area (Å²) < 4.78 is 0. The predicted molar refractivity (Wildman–Crippen MR) is 81.8 cm³/mol. The second-order valence-electron chi connectivity index (χ2n) is 5.04. The molecule has 0 atom stereocenters. The first kappa shape index (κ1) is 14.8. The van der Waals surface area contributed by atoms with Crippen molar-refractivity contribution in [2.45, 2.75) is 20.8 Å². The van der Waals surface area contributed by atoms with Crippen molar-refractivity contribution in [3.63, 3.8) is 0 Å². The highest BCUT2D eigenvalue weighted by atomic mass is 16.4. The average Bonchev–Trinajstić information content (AvgIpc) is 2.73. The maximum atomic E-state index is 12.3. The monoisotopic (exact) mass is 283 g/mol. The molecule has 0 fully saturated rings. The standard InChI is InChI=1S/C17H17NO3/c1-10-4-6-13(7-5-10)8-9-14(19)15-11(2)16(17(20)21)18-12(15)3/h4-9,18H,1-3H3,(H,20,21)/b9-8+. The number of aromatic carboxylic acids is 1. The number of carboxylic acids is 1. The molecule has 1 heterocycles. The Morgan fingerprint density at radius 1 is 1.10 bits per heavy atom. The highest BCUT2D eigenvalue weighted by Crippen LogP contribution is 2.19. The van der Waals surface area contributed by atoms with Gasteiger partial charge in [0.25, 0.3) is 0 Å². The minimum Gasteiger partial charge on any atom is -0.477 e. The smallest absolute Gasteiger partial charge is 0.352 e. The summed E-state index contributed by atoms with van der Waals surface area (Å²) in [5.74, 6) is -1.26. The Balaban J connectivity index is 2.29. The summed E-state index contributed by atoms with van der Waals surface area (Å²) >= 11 is 0. The van der Waals surface area contributed by atoms with Gasteiger partial charge in [-0.2, -0.15) is 0 Å². The van der Waals surface area contributed by atoms with Crippen LogP contribution in [-0.4, -0.2) is 21.8 Å². The number of carbonyl (C=O) groups is 2. The van der Waals surface area contributed by atoms with Crippen LogP contribution in [0.15, 0.2) is 30.3 Å². The molecule has 0 amide bonds. The zero-order valence-corrected chi connectivity index (χ0v) is 12.2. The summed E-state index contributed by atoms with van der Waals surface area (Å²) in [5.41, 5.74) is 3.62. The minimum absolute atomic E-state index is 0.0691. The van der Waals surface area contributed by atoms with Gasteiger partial charge in [-0.1, -0.05) is 35.9 Å². The molecule has 0 aliphatic heterocycles. The second kappa shape index (κ2) is 5.79. The molecular formula is C17H17NO3. The average molecular weight is 283 g/mol. The van der Waals surface area contributed by atoms with E-state index in [0.29, 0.717) is 16.8 Å². The summed E-state index contributed by atoms with van der Waals surface area (Å²) in [6.45, 7) is 5.34. The number of carboxylic acid groups (broad SMARTS) is 1. The molecule has 0 radical (unpaired) electrons. The molecule has 108 valence electrons. The Kier molecular flexibility index (Phi) is 4.08. The molecule has 0 spiro atoms. The molecule has 21 heavy (non-hydrogen) atoms. The van der Waals surface area contributed by atoms with Gasteiger partial charge in [-0.05, 0) is 38.0 Å². The summed E-state index contributed by atoms with van der Waals surface area (Å²) in [6.07, 6.45) is 3.20. The first-order valence-corrected chi connectivity index (χ1v) is 6.61. The maximum absolute atomic E-state index is 12.3. The number of ketones is 1. The van der Waals surface area contributed by atoms with Gasteiger partial charge in [-0.3, -0.25) is 4.79 Å². The zero-order chi connectivity index (χ0) is 15.6. The lowest BCUT2D eigenvalue weighted by Gasteiger charge is -1.98. The molecule has 0 aliphatic carbocycles. The van der Waals surface area contributed by atoms with Gasteiger partial charge < -0.3 is 10.1 Å². The van der Waals surface area contributed by atoms with Gasteiger partial charge in [0.05, 0.1) is 0 Å². The van der Waals surface area contributed by atoms with Crippen molar-refractivity contribution in [2.24, 2.45) is 0 Å². The van der Waals surface area contributed by atoms with E-state index in [1.165, 1.54) is 6.08 Å². The van der Waals surface area contributed by atoms with Gasteiger partial charge in [0.15, 0.2) is 5.78 Å². The van der Waals surface area contributed by atoms with Crippen LogP contribution in [0.1, 0.15) is 43.2 Å². The van der Waals surface area contributed by atoms with Gasteiger partial charge in [0.2, 0.25) is 0 Å². The number of carbonyl (C=O) groups excluding carboxylic acids is 1. The number of rotatable bonds is 4. The number of nitrogens with one attached hydrogen (secondary N) is 1. The molecule has 1 aromatic heterocycles. The van der Waals surface area contributed by atoms with E-state index < -0.39 is 5.97 Å². The van der Waals surface area contributed by atoms with E-state index >= 15 is 0 Å². The van der Waals surface area contributed by atoms with Crippen LogP contribution in [0.3, 0.4) is 0 Å². The van der Waals surface area contributed by atoms with Gasteiger partial charge in [0, 0.05) is 11.3 Å². The fourth-order valence-electron chi connectivity index (χ4n) is 2.27. The van der Waals surface area contributed by atoms with Crippen molar-refractivity contribution >= 4 is 17.8 Å². The molecule has 1 aromatic carbocycles. The van der Waals surface area contributed by atoms with E-state index in [-0.39, 0.29) is 11.5 Å². The molecule has 0 saturated carbocycles. The third-order valence-electron chi connectivity index (χ3n) is 3.40. The molecule has 0 bridgehead atoms. The van der Waals surface area contributed by atoms with Crippen molar-refractivity contribution in [3.05, 3.63) is 64.0 Å². The van der Waals surface area contributed by atoms with Crippen molar-refractivity contribution < 1.29 is 14.7 Å². The lowest BCUT2D eigenvalue weighted by atomic mass is 10.0. The lowest BCUT2D eigenvalue weighted by molar-refractivity contribution is 0.0690. The number of aromatic amines is 1. The van der Waals surface area contributed by atoms with Crippen molar-refractivity contribution in [1.29, 1.82) is 0 Å². The summed E-state index contributed by atoms with van der Waals surface area (Å²) in [6, 6.07) is 7.80. The van der Waals surface area contributed by atoms with Crippen LogP contribution >= 0.6 is 0 Å². The highest BCUT2D eigenvalue weighted by molar-refractivity contribution is 6.10. The molecular weight excluding hydrogens is 266 g/mol. The summed E-state index contributed by atoms with van der Waals surface area (Å²) in [4.78, 5) is 26.1. The van der Waals surface area contributed by atoms with Crippen LogP contribution in [0, 0.1) is 20.8 Å². The Bertz CT molecular complexity index is 721. The van der Waals surface area contributed by atoms with E-state index in [1.807, 2.05) is 31.2 Å². The van der Waals surface area contributed by atoms with E-state index in [4.69, 9.17) is 5.11 Å². The second-order valence-corrected chi connectivity index (χ2v) is 5.04. The highest BCUT2D eigenvalue weighted by Gasteiger charge is 2.19. The first-order valence-electron chi connectivity index (χ1n) is 6.61. The van der Waals surface area contributed by atoms with E-state index in [1.54, 1.807) is 19.9 Å². The third-order valence-corrected chi connectivity index (χ3v) is 3.40. The topological polar surface area (TPSA) is 70.2 Å². The number of benzene rings is 1. The molecule has 0 aliphatic rings. The van der Waals surface area contributed by atoms with E-state index in [2.05, 4.69) is 4.98 Å². The van der Waals surface area contributed by atoms with Crippen LogP contribution < -0.4 is 0 Å². The van der Waals surface area contributed by atoms with Crippen LogP contribution in [0.2, 0.25) is 0 Å². The largest absolute Gasteiger partial charge is 0.477 e. The molecule has 0 unspecified atom stereocenters. The Morgan fingerprint density at radius 2 is 1.71 bits per heavy atom. The Hall–Kier alpha value is -2.62. The summed E-state index contributed by atoms with van der Waals surface area (Å²) in [5, 5.41) is 9.06. The van der Waals surface area contributed by atoms with Gasteiger partial charge in [-0.25, -0.2) is 4.79 Å². The van der Waals surface area contributed by atoms with Crippen LogP contribution in [0.25, 0.3) is 6.08 Å². The number of aryl methyl sites for hydroxylation is 2. The summed E-state index contributed by atoms with van der Waals surface area (Å²) in [7, 11) is 0. The van der Waals surface area contributed by atoms with E-state index in [0.717, 1.165) is 11.1 Å². The molecule has 2 N–H and O–H groups in total. The Morgan fingerprint density at radius 3 is 2.24 bits per heavy atom. The van der Waals surface area contributed by atoms with Crippen LogP contribution in [0.4, 0.5) is 0 Å². The van der Waals surface area contributed by atoms with Crippen molar-refractivity contribution in [3.8, 4) is 0 Å². The molecule has 4 nitrogen and oxygen atoms in total. The fraction of sp³-hybridized carbons (Fsp3) is 0.176. The van der Waals surface area contributed by atoms with Crippen LogP contribution in [-0.2, 0) is 0 Å². The third kappa shape index (κ3) is 3.11. The number of aromatic nitrogens is 1. The number of hydrogen-bond acceptors (Lipinski definition) is 2. The van der Waals surface area contributed by atoms with Gasteiger partial charge >= 0.3 is 5.97 Å². The molecule has 4 heteroatoms. The minimum atomic E-state index is -1.06. The molecule has 0 saturated heterocycles. The Labute approximate surface area is 123 Å². The molecule has 2 aromatic rings. The number of allylic oxidation sites excluding steroid dienone is 1. The fourth-order valence-corrected chi connectivity index (χ4v) is 2.27. The molecule has 2 rings (SSSR count). The maximum Gasteiger partial charge on any atom is 0.352 e. The van der Waals surface area contributed by atoms with E-state index in [9.17, 15) is 9.59 Å². The number of H-pyrrole nitrogens is 1.